The highest BCUT2D eigenvalue weighted by molar-refractivity contribution is 7.90. The van der Waals surface area contributed by atoms with E-state index in [9.17, 15) is 8.42 Å². The van der Waals surface area contributed by atoms with Crippen LogP contribution in [0.4, 0.5) is 5.69 Å². The third-order valence-electron chi connectivity index (χ3n) is 1.17. The lowest BCUT2D eigenvalue weighted by Crippen LogP contribution is -2.21. The van der Waals surface area contributed by atoms with E-state index >= 15 is 0 Å². The minimum atomic E-state index is -3.68. The molecule has 1 heterocycles. The lowest BCUT2D eigenvalue weighted by atomic mass is 10.4. The molecule has 66 valence electrons. The molecule has 0 spiro atoms. The summed E-state index contributed by atoms with van der Waals surface area (Å²) in [6, 6.07) is 3.28. The zero-order chi connectivity index (χ0) is 9.19. The van der Waals surface area contributed by atoms with Crippen molar-refractivity contribution < 1.29 is 8.42 Å². The second-order valence-corrected chi connectivity index (χ2v) is 3.63. The van der Waals surface area contributed by atoms with Gasteiger partial charge in [-0.1, -0.05) is 0 Å². The van der Waals surface area contributed by atoms with Crippen molar-refractivity contribution in [2.24, 2.45) is 5.14 Å². The maximum atomic E-state index is 10.5. The molecule has 1 rings (SSSR count). The number of pyridine rings is 1. The topological polar surface area (TPSA) is 85.1 Å². The van der Waals surface area contributed by atoms with Crippen molar-refractivity contribution in [1.82, 2.24) is 4.98 Å². The Morgan fingerprint density at radius 1 is 1.50 bits per heavy atom. The molecule has 0 aliphatic rings. The maximum Gasteiger partial charge on any atom is 0.296 e. The Labute approximate surface area is 70.8 Å². The molecule has 0 radical (unpaired) electrons. The number of aryl methyl sites for hydroxylation is 1. The molecule has 0 amide bonds. The monoisotopic (exact) mass is 187 g/mol. The van der Waals surface area contributed by atoms with Crippen LogP contribution in [0.5, 0.6) is 0 Å². The number of aromatic nitrogens is 1. The van der Waals surface area contributed by atoms with Crippen molar-refractivity contribution in [1.29, 1.82) is 0 Å². The number of nitrogens with two attached hydrogens (primary N) is 1. The van der Waals surface area contributed by atoms with Crippen molar-refractivity contribution in [2.75, 3.05) is 4.72 Å². The normalized spacial score (nSPS) is 11.2. The summed E-state index contributed by atoms with van der Waals surface area (Å²) in [5, 5.41) is 4.74. The molecule has 0 atom stereocenters. The van der Waals surface area contributed by atoms with Crippen LogP contribution in [0.25, 0.3) is 0 Å². The molecule has 3 N–H and O–H groups in total. The third-order valence-corrected chi connectivity index (χ3v) is 1.69. The second-order valence-electron chi connectivity index (χ2n) is 2.34. The van der Waals surface area contributed by atoms with Gasteiger partial charge < -0.3 is 0 Å². The van der Waals surface area contributed by atoms with Crippen LogP contribution in [0, 0.1) is 6.92 Å². The Hall–Kier alpha value is -1.14. The molecular formula is C6H9N3O2S. The summed E-state index contributed by atoms with van der Waals surface area (Å²) in [5.74, 6) is 0. The average Bonchev–Trinajstić information content (AvgIpc) is 1.91. The van der Waals surface area contributed by atoms with Crippen molar-refractivity contribution in [3.63, 3.8) is 0 Å². The van der Waals surface area contributed by atoms with Crippen molar-refractivity contribution in [2.45, 2.75) is 6.92 Å². The smallest absolute Gasteiger partial charge is 0.270 e. The molecule has 0 aliphatic carbocycles. The van der Waals surface area contributed by atoms with Crippen LogP contribution in [0.1, 0.15) is 5.69 Å². The van der Waals surface area contributed by atoms with Gasteiger partial charge in [0.25, 0.3) is 10.2 Å². The first kappa shape index (κ1) is 8.95. The van der Waals surface area contributed by atoms with Gasteiger partial charge in [-0.3, -0.25) is 9.71 Å². The highest BCUT2D eigenvalue weighted by Gasteiger charge is 2.00. The van der Waals surface area contributed by atoms with Crippen LogP contribution < -0.4 is 9.86 Å². The van der Waals surface area contributed by atoms with Gasteiger partial charge in [-0.15, -0.1) is 0 Å². The maximum absolute atomic E-state index is 10.5. The molecule has 5 nitrogen and oxygen atoms in total. The van der Waals surface area contributed by atoms with E-state index in [1.54, 1.807) is 19.1 Å². The molecule has 0 saturated heterocycles. The summed E-state index contributed by atoms with van der Waals surface area (Å²) in [4.78, 5) is 3.88. The molecule has 0 bridgehead atoms. The van der Waals surface area contributed by atoms with Crippen LogP contribution in [-0.4, -0.2) is 13.4 Å². The van der Waals surface area contributed by atoms with Crippen LogP contribution in [0.2, 0.25) is 0 Å². The molecule has 0 fully saturated rings. The van der Waals surface area contributed by atoms with Gasteiger partial charge in [0.05, 0.1) is 11.9 Å². The van der Waals surface area contributed by atoms with E-state index in [0.717, 1.165) is 5.69 Å². The zero-order valence-electron chi connectivity index (χ0n) is 6.48. The largest absolute Gasteiger partial charge is 0.296 e. The lowest BCUT2D eigenvalue weighted by Gasteiger charge is -2.01. The van der Waals surface area contributed by atoms with Crippen LogP contribution in [-0.2, 0) is 10.2 Å². The Morgan fingerprint density at radius 2 is 2.17 bits per heavy atom. The zero-order valence-corrected chi connectivity index (χ0v) is 7.30. The van der Waals surface area contributed by atoms with Crippen LogP contribution >= 0.6 is 0 Å². The fraction of sp³-hybridized carbons (Fsp3) is 0.167. The summed E-state index contributed by atoms with van der Waals surface area (Å²) in [6.45, 7) is 1.81. The highest BCUT2D eigenvalue weighted by atomic mass is 32.2. The number of nitrogens with one attached hydrogen (secondary N) is 1. The minimum absolute atomic E-state index is 0.364. The van der Waals surface area contributed by atoms with Crippen LogP contribution in [0.3, 0.4) is 0 Å². The van der Waals surface area contributed by atoms with E-state index in [-0.39, 0.29) is 0 Å². The van der Waals surface area contributed by atoms with Gasteiger partial charge >= 0.3 is 0 Å². The van der Waals surface area contributed by atoms with Crippen LogP contribution in [0.15, 0.2) is 18.3 Å². The summed E-state index contributed by atoms with van der Waals surface area (Å²) in [5.41, 5.74) is 1.18. The van der Waals surface area contributed by atoms with E-state index < -0.39 is 10.2 Å². The van der Waals surface area contributed by atoms with Gasteiger partial charge in [0.15, 0.2) is 0 Å². The first-order valence-electron chi connectivity index (χ1n) is 3.20. The number of nitrogens with zero attached hydrogens (tertiary/aromatic N) is 1. The summed E-state index contributed by atoms with van der Waals surface area (Å²) in [6.07, 6.45) is 1.40. The van der Waals surface area contributed by atoms with Crippen molar-refractivity contribution in [3.8, 4) is 0 Å². The Balaban J connectivity index is 2.85. The van der Waals surface area contributed by atoms with Gasteiger partial charge in [0, 0.05) is 5.69 Å². The van der Waals surface area contributed by atoms with Gasteiger partial charge in [-0.2, -0.15) is 8.42 Å². The Kier molecular flexibility index (Phi) is 2.30. The highest BCUT2D eigenvalue weighted by Crippen LogP contribution is 2.05. The minimum Gasteiger partial charge on any atom is -0.270 e. The molecule has 12 heavy (non-hydrogen) atoms. The SMILES string of the molecule is Cc1ccc(NS(N)(=O)=O)cn1. The first-order valence-corrected chi connectivity index (χ1v) is 4.75. The third kappa shape index (κ3) is 2.85. The van der Waals surface area contributed by atoms with Crippen molar-refractivity contribution >= 4 is 15.9 Å². The van der Waals surface area contributed by atoms with Gasteiger partial charge in [-0.25, -0.2) is 5.14 Å². The fourth-order valence-corrected chi connectivity index (χ4v) is 1.14. The standard InChI is InChI=1S/C6H9N3O2S/c1-5-2-3-6(4-8-5)9-12(7,10)11/h2-4,9H,1H3,(H2,7,10,11). The predicted molar refractivity (Wildman–Crippen MR) is 45.7 cm³/mol. The van der Waals surface area contributed by atoms with Crippen molar-refractivity contribution in [3.05, 3.63) is 24.0 Å². The molecule has 0 saturated carbocycles. The van der Waals surface area contributed by atoms with Gasteiger partial charge in [-0.05, 0) is 19.1 Å². The molecule has 0 unspecified atom stereocenters. The molecule has 1 aromatic heterocycles. The Morgan fingerprint density at radius 3 is 2.58 bits per heavy atom. The number of hydrogen-bond donors (Lipinski definition) is 2. The summed E-state index contributed by atoms with van der Waals surface area (Å²) >= 11 is 0. The number of hydrogen-bond acceptors (Lipinski definition) is 3. The van der Waals surface area contributed by atoms with E-state index in [2.05, 4.69) is 9.71 Å². The molecule has 1 aromatic rings. The van der Waals surface area contributed by atoms with E-state index in [1.165, 1.54) is 6.20 Å². The van der Waals surface area contributed by atoms with E-state index in [0.29, 0.717) is 5.69 Å². The average molecular weight is 187 g/mol. The second kappa shape index (κ2) is 3.08. The summed E-state index contributed by atoms with van der Waals surface area (Å²) < 4.78 is 23.1. The predicted octanol–water partition coefficient (Wildman–Crippen LogP) is 0.00542. The van der Waals surface area contributed by atoms with Gasteiger partial charge in [0.1, 0.15) is 0 Å². The lowest BCUT2D eigenvalue weighted by molar-refractivity contribution is 0.603. The van der Waals surface area contributed by atoms with E-state index in [1.807, 2.05) is 0 Å². The first-order chi connectivity index (χ1) is 5.47. The van der Waals surface area contributed by atoms with Gasteiger partial charge in [0.2, 0.25) is 0 Å². The molecule has 6 heteroatoms. The molecular weight excluding hydrogens is 178 g/mol. The number of rotatable bonds is 2. The molecule has 0 aliphatic heterocycles. The quantitative estimate of drug-likeness (QED) is 0.683. The fourth-order valence-electron chi connectivity index (χ4n) is 0.692. The number of anilines is 1. The summed E-state index contributed by atoms with van der Waals surface area (Å²) in [7, 11) is -3.68. The Bertz CT molecular complexity index is 357. The molecule has 0 aromatic carbocycles. The van der Waals surface area contributed by atoms with E-state index in [4.69, 9.17) is 5.14 Å².